The van der Waals surface area contributed by atoms with Crippen LogP contribution >= 0.6 is 23.5 Å². The van der Waals surface area contributed by atoms with Crippen molar-refractivity contribution < 1.29 is 9.59 Å². The lowest BCUT2D eigenvalue weighted by atomic mass is 10.2. The molecule has 1 heterocycles. The van der Waals surface area contributed by atoms with E-state index in [-0.39, 0.29) is 11.8 Å². The summed E-state index contributed by atoms with van der Waals surface area (Å²) in [4.78, 5) is 24.3. The summed E-state index contributed by atoms with van der Waals surface area (Å²) in [5.41, 5.74) is 7.20. The molecule has 2 amide bonds. The van der Waals surface area contributed by atoms with E-state index in [9.17, 15) is 9.59 Å². The minimum atomic E-state index is -0.512. The van der Waals surface area contributed by atoms with Crippen molar-refractivity contribution in [3.63, 3.8) is 0 Å². The summed E-state index contributed by atoms with van der Waals surface area (Å²) in [6, 6.07) is 4.96. The average Bonchev–Trinajstić information content (AvgIpc) is 2.44. The Morgan fingerprint density at radius 2 is 2.40 bits per heavy atom. The third kappa shape index (κ3) is 3.91. The summed E-state index contributed by atoms with van der Waals surface area (Å²) in [6.07, 6.45) is 2.62. The predicted molar refractivity (Wildman–Crippen MR) is 85.4 cm³/mol. The Balaban J connectivity index is 2.01. The van der Waals surface area contributed by atoms with Crippen molar-refractivity contribution in [1.82, 2.24) is 0 Å². The molecule has 1 atom stereocenters. The Kier molecular flexibility index (Phi) is 5.33. The van der Waals surface area contributed by atoms with Crippen LogP contribution in [-0.4, -0.2) is 35.6 Å². The lowest BCUT2D eigenvalue weighted by Gasteiger charge is -2.18. The van der Waals surface area contributed by atoms with Crippen molar-refractivity contribution in [3.8, 4) is 0 Å². The van der Waals surface area contributed by atoms with Crippen LogP contribution < -0.4 is 16.4 Å². The van der Waals surface area contributed by atoms with Gasteiger partial charge in [-0.05, 0) is 36.6 Å². The number of amides is 2. The summed E-state index contributed by atoms with van der Waals surface area (Å²) >= 11 is 3.15. The molecule has 0 fully saturated rings. The molecule has 0 saturated heterocycles. The summed E-state index contributed by atoms with van der Waals surface area (Å²) in [7, 11) is 0. The molecule has 1 aromatic carbocycles. The largest absolute Gasteiger partial charge is 0.325 e. The molecule has 5 nitrogen and oxygen atoms in total. The number of benzene rings is 1. The highest BCUT2D eigenvalue weighted by Crippen LogP contribution is 2.33. The maximum Gasteiger partial charge on any atom is 0.241 e. The highest BCUT2D eigenvalue weighted by Gasteiger charge is 2.17. The van der Waals surface area contributed by atoms with Gasteiger partial charge in [-0.2, -0.15) is 11.8 Å². The van der Waals surface area contributed by atoms with Crippen molar-refractivity contribution in [1.29, 1.82) is 0 Å². The molecule has 7 heteroatoms. The number of carbonyl (C=O) groups excluding carboxylic acids is 2. The van der Waals surface area contributed by atoms with Crippen LogP contribution in [0.4, 0.5) is 11.4 Å². The molecule has 1 aliphatic heterocycles. The van der Waals surface area contributed by atoms with Gasteiger partial charge in [-0.1, -0.05) is 0 Å². The average molecular weight is 311 g/mol. The van der Waals surface area contributed by atoms with E-state index in [0.717, 1.165) is 16.3 Å². The van der Waals surface area contributed by atoms with Crippen molar-refractivity contribution in [3.05, 3.63) is 18.2 Å². The molecular weight excluding hydrogens is 294 g/mol. The van der Waals surface area contributed by atoms with E-state index in [1.165, 1.54) is 11.8 Å². The van der Waals surface area contributed by atoms with Crippen molar-refractivity contribution >= 4 is 46.7 Å². The highest BCUT2D eigenvalue weighted by atomic mass is 32.2. The van der Waals surface area contributed by atoms with Crippen LogP contribution in [0.25, 0.3) is 0 Å². The van der Waals surface area contributed by atoms with Gasteiger partial charge in [0.1, 0.15) is 0 Å². The summed E-state index contributed by atoms with van der Waals surface area (Å²) in [5, 5.41) is 5.57. The van der Waals surface area contributed by atoms with Crippen LogP contribution in [0.3, 0.4) is 0 Å². The molecular formula is C13H17N3O2S2. The van der Waals surface area contributed by atoms with E-state index in [2.05, 4.69) is 10.6 Å². The van der Waals surface area contributed by atoms with Crippen LogP contribution in [0.1, 0.15) is 6.42 Å². The first-order valence-electron chi connectivity index (χ1n) is 6.22. The van der Waals surface area contributed by atoms with Gasteiger partial charge in [-0.25, -0.2) is 0 Å². The van der Waals surface area contributed by atoms with Gasteiger partial charge in [0, 0.05) is 10.6 Å². The quantitative estimate of drug-likeness (QED) is 0.771. The van der Waals surface area contributed by atoms with Gasteiger partial charge in [0.15, 0.2) is 0 Å². The molecule has 4 N–H and O–H groups in total. The van der Waals surface area contributed by atoms with Gasteiger partial charge in [0.05, 0.1) is 17.5 Å². The van der Waals surface area contributed by atoms with E-state index in [0.29, 0.717) is 17.9 Å². The molecule has 108 valence electrons. The monoisotopic (exact) mass is 311 g/mol. The zero-order valence-corrected chi connectivity index (χ0v) is 12.8. The van der Waals surface area contributed by atoms with Gasteiger partial charge in [-0.15, -0.1) is 11.8 Å². The zero-order chi connectivity index (χ0) is 14.5. The fraction of sp³-hybridized carbons (Fsp3) is 0.385. The fourth-order valence-electron chi connectivity index (χ4n) is 1.77. The lowest BCUT2D eigenvalue weighted by Crippen LogP contribution is -2.36. The van der Waals surface area contributed by atoms with Crippen LogP contribution in [0, 0.1) is 0 Å². The lowest BCUT2D eigenvalue weighted by molar-refractivity contribution is -0.117. The molecule has 0 spiro atoms. The molecule has 0 radical (unpaired) electrons. The minimum Gasteiger partial charge on any atom is -0.325 e. The third-order valence-corrected chi connectivity index (χ3v) is 4.57. The molecule has 20 heavy (non-hydrogen) atoms. The van der Waals surface area contributed by atoms with Crippen LogP contribution in [0.2, 0.25) is 0 Å². The molecule has 1 aromatic rings. The van der Waals surface area contributed by atoms with Crippen LogP contribution in [0.15, 0.2) is 23.1 Å². The second-order valence-electron chi connectivity index (χ2n) is 4.43. The number of rotatable bonds is 5. The first-order valence-corrected chi connectivity index (χ1v) is 8.60. The summed E-state index contributed by atoms with van der Waals surface area (Å²) in [5.74, 6) is 1.06. The SMILES string of the molecule is CSCC[C@@H](N)C(=O)Nc1ccc2c(c1)NC(=O)CS2. The fourth-order valence-corrected chi connectivity index (χ4v) is 3.05. The number of thioether (sulfide) groups is 2. The molecule has 0 bridgehead atoms. The van der Waals surface area contributed by atoms with E-state index >= 15 is 0 Å². The van der Waals surface area contributed by atoms with E-state index in [4.69, 9.17) is 5.73 Å². The number of carbonyl (C=O) groups is 2. The van der Waals surface area contributed by atoms with Gasteiger partial charge >= 0.3 is 0 Å². The molecule has 0 aromatic heterocycles. The normalized spacial score (nSPS) is 15.2. The van der Waals surface area contributed by atoms with Crippen molar-refractivity contribution in [2.75, 3.05) is 28.4 Å². The maximum atomic E-state index is 11.9. The van der Waals surface area contributed by atoms with Crippen LogP contribution in [0.5, 0.6) is 0 Å². The van der Waals surface area contributed by atoms with Gasteiger partial charge in [-0.3, -0.25) is 9.59 Å². The molecule has 1 aliphatic rings. The van der Waals surface area contributed by atoms with Gasteiger partial charge < -0.3 is 16.4 Å². The van der Waals surface area contributed by atoms with Gasteiger partial charge in [0.25, 0.3) is 0 Å². The number of fused-ring (bicyclic) bond motifs is 1. The van der Waals surface area contributed by atoms with Crippen molar-refractivity contribution in [2.45, 2.75) is 17.4 Å². The number of hydrogen-bond acceptors (Lipinski definition) is 5. The second-order valence-corrected chi connectivity index (χ2v) is 6.43. The first kappa shape index (κ1) is 15.2. The van der Waals surface area contributed by atoms with Gasteiger partial charge in [0.2, 0.25) is 11.8 Å². The molecule has 0 aliphatic carbocycles. The van der Waals surface area contributed by atoms with E-state index in [1.54, 1.807) is 17.8 Å². The maximum absolute atomic E-state index is 11.9. The number of nitrogens with two attached hydrogens (primary N) is 1. The summed E-state index contributed by atoms with van der Waals surface area (Å²) in [6.45, 7) is 0. The topological polar surface area (TPSA) is 84.2 Å². The standard InChI is InChI=1S/C13H17N3O2S2/c1-19-5-4-9(14)13(18)15-8-2-3-11-10(6-8)16-12(17)7-20-11/h2-3,6,9H,4-5,7,14H2,1H3,(H,15,18)(H,16,17)/t9-/m1/s1. The van der Waals surface area contributed by atoms with E-state index < -0.39 is 6.04 Å². The number of anilines is 2. The Morgan fingerprint density at radius 3 is 3.15 bits per heavy atom. The third-order valence-electron chi connectivity index (χ3n) is 2.85. The van der Waals surface area contributed by atoms with E-state index in [1.807, 2.05) is 18.4 Å². The number of nitrogens with one attached hydrogen (secondary N) is 2. The molecule has 0 saturated carbocycles. The predicted octanol–water partition coefficient (Wildman–Crippen LogP) is 1.75. The molecule has 2 rings (SSSR count). The second kappa shape index (κ2) is 7.01. The minimum absolute atomic E-state index is 0.0253. The smallest absolute Gasteiger partial charge is 0.241 e. The first-order chi connectivity index (χ1) is 9.60. The highest BCUT2D eigenvalue weighted by molar-refractivity contribution is 8.00. The van der Waals surface area contributed by atoms with Crippen LogP contribution in [-0.2, 0) is 9.59 Å². The molecule has 0 unspecified atom stereocenters. The Morgan fingerprint density at radius 1 is 1.60 bits per heavy atom. The number of hydrogen-bond donors (Lipinski definition) is 3. The Bertz CT molecular complexity index is 522. The Labute approximate surface area is 126 Å². The summed E-state index contributed by atoms with van der Waals surface area (Å²) < 4.78 is 0. The van der Waals surface area contributed by atoms with Crippen molar-refractivity contribution in [2.24, 2.45) is 5.73 Å². The Hall–Kier alpha value is -1.18. The zero-order valence-electron chi connectivity index (χ0n) is 11.1.